The van der Waals surface area contributed by atoms with Gasteiger partial charge in [-0.05, 0) is 77.6 Å². The van der Waals surface area contributed by atoms with Crippen LogP contribution in [-0.2, 0) is 0 Å². The van der Waals surface area contributed by atoms with Gasteiger partial charge in [-0.3, -0.25) is 0 Å². The molecule has 4 heteroatoms. The first-order chi connectivity index (χ1) is 12.4. The molecule has 3 aromatic carbocycles. The van der Waals surface area contributed by atoms with Crippen molar-refractivity contribution in [2.75, 3.05) is 0 Å². The third kappa shape index (κ3) is 3.35. The first-order valence-electron chi connectivity index (χ1n) is 8.15. The highest BCUT2D eigenvalue weighted by molar-refractivity contribution is 5.90. The van der Waals surface area contributed by atoms with Crippen LogP contribution in [0.25, 0.3) is 22.3 Å². The Labute approximate surface area is 151 Å². The fourth-order valence-electron chi connectivity index (χ4n) is 3.10. The van der Waals surface area contributed by atoms with Crippen molar-refractivity contribution in [3.63, 3.8) is 0 Å². The molecule has 0 saturated carbocycles. The Bertz CT molecular complexity index is 940. The molecular weight excluding hydrogens is 328 g/mol. The summed E-state index contributed by atoms with van der Waals surface area (Å²) in [5.41, 5.74) is 6.22. The van der Waals surface area contributed by atoms with Crippen molar-refractivity contribution in [1.82, 2.24) is 0 Å². The van der Waals surface area contributed by atoms with E-state index in [0.29, 0.717) is 0 Å². The minimum Gasteiger partial charge on any atom is -0.478 e. The number of benzene rings is 3. The molecule has 2 N–H and O–H groups in total. The highest BCUT2D eigenvalue weighted by atomic mass is 16.4. The third-order valence-corrected chi connectivity index (χ3v) is 4.43. The summed E-state index contributed by atoms with van der Waals surface area (Å²) in [5, 5.41) is 18.2. The van der Waals surface area contributed by atoms with Crippen molar-refractivity contribution in [3.05, 3.63) is 82.9 Å². The lowest BCUT2D eigenvalue weighted by molar-refractivity contribution is 0.0686. The maximum absolute atomic E-state index is 11.1. The summed E-state index contributed by atoms with van der Waals surface area (Å²) >= 11 is 0. The molecule has 0 radical (unpaired) electrons. The molecule has 0 unspecified atom stereocenters. The van der Waals surface area contributed by atoms with Crippen LogP contribution in [-0.4, -0.2) is 22.2 Å². The van der Waals surface area contributed by atoms with Crippen LogP contribution in [0.3, 0.4) is 0 Å². The first kappa shape index (κ1) is 17.4. The van der Waals surface area contributed by atoms with Gasteiger partial charge < -0.3 is 10.2 Å². The van der Waals surface area contributed by atoms with Gasteiger partial charge in [0.05, 0.1) is 11.1 Å². The lowest BCUT2D eigenvalue weighted by Gasteiger charge is -2.11. The van der Waals surface area contributed by atoms with Gasteiger partial charge in [0.2, 0.25) is 0 Å². The summed E-state index contributed by atoms with van der Waals surface area (Å²) in [6.07, 6.45) is 0. The second-order valence-electron chi connectivity index (χ2n) is 6.25. The Kier molecular flexibility index (Phi) is 4.59. The lowest BCUT2D eigenvalue weighted by atomic mass is 9.93. The Hall–Kier alpha value is -3.40. The van der Waals surface area contributed by atoms with Crippen molar-refractivity contribution in [1.29, 1.82) is 0 Å². The van der Waals surface area contributed by atoms with Gasteiger partial charge in [0.25, 0.3) is 0 Å². The number of carboxylic acids is 2. The first-order valence-corrected chi connectivity index (χ1v) is 8.15. The molecule has 3 aromatic rings. The molecule has 0 aliphatic heterocycles. The van der Waals surface area contributed by atoms with Crippen LogP contribution in [0, 0.1) is 13.8 Å². The van der Waals surface area contributed by atoms with E-state index in [1.54, 1.807) is 24.3 Å². The van der Waals surface area contributed by atoms with E-state index < -0.39 is 11.9 Å². The molecular formula is C22H18O4. The van der Waals surface area contributed by atoms with Crippen molar-refractivity contribution in [2.45, 2.75) is 13.8 Å². The molecule has 0 aromatic heterocycles. The molecule has 0 fully saturated rings. The van der Waals surface area contributed by atoms with Gasteiger partial charge in [-0.25, -0.2) is 9.59 Å². The van der Waals surface area contributed by atoms with Gasteiger partial charge in [-0.2, -0.15) is 0 Å². The molecule has 3 rings (SSSR count). The summed E-state index contributed by atoms with van der Waals surface area (Å²) in [6, 6.07) is 18.1. The van der Waals surface area contributed by atoms with E-state index in [4.69, 9.17) is 10.2 Å². The largest absolute Gasteiger partial charge is 0.478 e. The third-order valence-electron chi connectivity index (χ3n) is 4.43. The second-order valence-corrected chi connectivity index (χ2v) is 6.25. The van der Waals surface area contributed by atoms with E-state index in [1.165, 1.54) is 0 Å². The summed E-state index contributed by atoms with van der Waals surface area (Å²) in [6.45, 7) is 3.78. The lowest BCUT2D eigenvalue weighted by Crippen LogP contribution is -1.98. The zero-order valence-corrected chi connectivity index (χ0v) is 14.5. The van der Waals surface area contributed by atoms with E-state index in [2.05, 4.69) is 0 Å². The van der Waals surface area contributed by atoms with Gasteiger partial charge in [0.15, 0.2) is 0 Å². The van der Waals surface area contributed by atoms with Crippen LogP contribution in [0.1, 0.15) is 31.8 Å². The minimum atomic E-state index is -0.942. The highest BCUT2D eigenvalue weighted by Crippen LogP contribution is 2.30. The number of rotatable bonds is 4. The normalized spacial score (nSPS) is 10.5. The summed E-state index contributed by atoms with van der Waals surface area (Å²) < 4.78 is 0. The Morgan fingerprint density at radius 1 is 0.654 bits per heavy atom. The molecule has 0 spiro atoms. The Balaban J connectivity index is 2.04. The van der Waals surface area contributed by atoms with E-state index in [0.717, 1.165) is 33.4 Å². The van der Waals surface area contributed by atoms with Gasteiger partial charge >= 0.3 is 11.9 Å². The molecule has 0 heterocycles. The minimum absolute atomic E-state index is 0.266. The van der Waals surface area contributed by atoms with Crippen LogP contribution in [0.15, 0.2) is 60.7 Å². The van der Waals surface area contributed by atoms with E-state index in [1.807, 2.05) is 50.2 Å². The molecule has 26 heavy (non-hydrogen) atoms. The topological polar surface area (TPSA) is 74.6 Å². The maximum Gasteiger partial charge on any atom is 0.335 e. The smallest absolute Gasteiger partial charge is 0.335 e. The standard InChI is InChI=1S/C22H18O4/c1-13-10-17(21(23)24)6-8-19(13)15-4-3-5-16(12-15)20-9-7-18(22(25)26)11-14(20)2/h3-12H,1-2H3,(H,23,24)(H,25,26). The Morgan fingerprint density at radius 3 is 1.42 bits per heavy atom. The van der Waals surface area contributed by atoms with Crippen LogP contribution < -0.4 is 0 Å². The number of aryl methyl sites for hydroxylation is 2. The molecule has 130 valence electrons. The second kappa shape index (κ2) is 6.84. The monoisotopic (exact) mass is 346 g/mol. The maximum atomic E-state index is 11.1. The van der Waals surface area contributed by atoms with E-state index >= 15 is 0 Å². The van der Waals surface area contributed by atoms with Crippen LogP contribution in [0.5, 0.6) is 0 Å². The van der Waals surface area contributed by atoms with Crippen molar-refractivity contribution >= 4 is 11.9 Å². The summed E-state index contributed by atoms with van der Waals surface area (Å²) in [4.78, 5) is 22.2. The quantitative estimate of drug-likeness (QED) is 0.694. The van der Waals surface area contributed by atoms with Gasteiger partial charge in [-0.15, -0.1) is 0 Å². The fourth-order valence-corrected chi connectivity index (χ4v) is 3.10. The van der Waals surface area contributed by atoms with Crippen molar-refractivity contribution in [2.24, 2.45) is 0 Å². The molecule has 4 nitrogen and oxygen atoms in total. The zero-order valence-electron chi connectivity index (χ0n) is 14.5. The number of hydrogen-bond acceptors (Lipinski definition) is 2. The zero-order chi connectivity index (χ0) is 18.8. The van der Waals surface area contributed by atoms with E-state index in [9.17, 15) is 9.59 Å². The van der Waals surface area contributed by atoms with Gasteiger partial charge in [0, 0.05) is 0 Å². The van der Waals surface area contributed by atoms with Crippen molar-refractivity contribution < 1.29 is 19.8 Å². The molecule has 0 aliphatic carbocycles. The molecule has 0 aliphatic rings. The van der Waals surface area contributed by atoms with E-state index in [-0.39, 0.29) is 11.1 Å². The molecule has 0 saturated heterocycles. The molecule has 0 atom stereocenters. The predicted molar refractivity (Wildman–Crippen MR) is 101 cm³/mol. The molecule has 0 bridgehead atoms. The van der Waals surface area contributed by atoms with Crippen molar-refractivity contribution in [3.8, 4) is 22.3 Å². The average Bonchev–Trinajstić information content (AvgIpc) is 2.61. The fraction of sp³-hybridized carbons (Fsp3) is 0.0909. The molecule has 0 amide bonds. The number of hydrogen-bond donors (Lipinski definition) is 2. The predicted octanol–water partition coefficient (Wildman–Crippen LogP) is 5.03. The number of carboxylic acid groups (broad SMARTS) is 2. The van der Waals surface area contributed by atoms with Crippen LogP contribution in [0.2, 0.25) is 0 Å². The summed E-state index contributed by atoms with van der Waals surface area (Å²) in [5.74, 6) is -1.88. The highest BCUT2D eigenvalue weighted by Gasteiger charge is 2.10. The number of aromatic carboxylic acids is 2. The SMILES string of the molecule is Cc1cc(C(=O)O)ccc1-c1cccc(-c2ccc(C(=O)O)cc2C)c1. The Morgan fingerprint density at radius 2 is 1.08 bits per heavy atom. The van der Waals surface area contributed by atoms with Crippen LogP contribution in [0.4, 0.5) is 0 Å². The number of carbonyl (C=O) groups is 2. The van der Waals surface area contributed by atoms with Gasteiger partial charge in [0.1, 0.15) is 0 Å². The average molecular weight is 346 g/mol. The van der Waals surface area contributed by atoms with Crippen LogP contribution >= 0.6 is 0 Å². The van der Waals surface area contributed by atoms with Gasteiger partial charge in [-0.1, -0.05) is 30.3 Å². The summed E-state index contributed by atoms with van der Waals surface area (Å²) in [7, 11) is 0.